The van der Waals surface area contributed by atoms with Crippen LogP contribution in [0.3, 0.4) is 0 Å². The summed E-state index contributed by atoms with van der Waals surface area (Å²) in [5, 5.41) is 4.47. The maximum Gasteiger partial charge on any atom is 0.243 e. The topological polar surface area (TPSA) is 84.2 Å². The van der Waals surface area contributed by atoms with Gasteiger partial charge in [-0.25, -0.2) is 18.1 Å². The Balaban J connectivity index is 1.54. The predicted molar refractivity (Wildman–Crippen MR) is 111 cm³/mol. The quantitative estimate of drug-likeness (QED) is 0.653. The number of nitrogens with zero attached hydrogens (tertiary/aromatic N) is 6. The molecular weight excluding hydrogens is 388 g/mol. The maximum atomic E-state index is 12.9. The molecule has 1 aliphatic rings. The van der Waals surface area contributed by atoms with Crippen LogP contribution >= 0.6 is 0 Å². The van der Waals surface area contributed by atoms with Gasteiger partial charge in [0, 0.05) is 31.9 Å². The van der Waals surface area contributed by atoms with E-state index in [1.165, 1.54) is 0 Å². The second kappa shape index (κ2) is 7.92. The number of hydrogen-bond acceptors (Lipinski definition) is 6. The molecule has 4 rings (SSSR count). The zero-order valence-corrected chi connectivity index (χ0v) is 17.4. The standard InChI is InChI=1S/C20H24N6O2S/c1-16-13-17(2)26(23-16)20-15-21-14-19(22-20)24-9-6-10-25(12-11-24)29(27,28)18-7-4-3-5-8-18/h3-5,7-8,13-15H,6,9-12H2,1-2H3. The van der Waals surface area contributed by atoms with E-state index in [2.05, 4.69) is 15.0 Å². The Morgan fingerprint density at radius 2 is 1.69 bits per heavy atom. The third kappa shape index (κ3) is 4.01. The first kappa shape index (κ1) is 19.5. The monoisotopic (exact) mass is 412 g/mol. The smallest absolute Gasteiger partial charge is 0.243 e. The molecule has 0 aliphatic carbocycles. The van der Waals surface area contributed by atoms with Gasteiger partial charge in [-0.2, -0.15) is 9.40 Å². The van der Waals surface area contributed by atoms with Crippen LogP contribution in [0.5, 0.6) is 0 Å². The van der Waals surface area contributed by atoms with Gasteiger partial charge in [0.1, 0.15) is 5.82 Å². The zero-order valence-electron chi connectivity index (χ0n) is 16.6. The van der Waals surface area contributed by atoms with E-state index in [1.54, 1.807) is 45.6 Å². The van der Waals surface area contributed by atoms with Crippen LogP contribution in [0.2, 0.25) is 0 Å². The summed E-state index contributed by atoms with van der Waals surface area (Å²) in [6, 6.07) is 10.6. The lowest BCUT2D eigenvalue weighted by Gasteiger charge is -2.22. The number of aryl methyl sites for hydroxylation is 2. The lowest BCUT2D eigenvalue weighted by atomic mass is 10.4. The second-order valence-electron chi connectivity index (χ2n) is 7.13. The van der Waals surface area contributed by atoms with Gasteiger partial charge in [0.05, 0.1) is 23.0 Å². The molecule has 0 unspecified atom stereocenters. The maximum absolute atomic E-state index is 12.9. The Morgan fingerprint density at radius 3 is 2.41 bits per heavy atom. The highest BCUT2D eigenvalue weighted by molar-refractivity contribution is 7.89. The highest BCUT2D eigenvalue weighted by Crippen LogP contribution is 2.20. The van der Waals surface area contributed by atoms with Crippen molar-refractivity contribution in [2.45, 2.75) is 25.2 Å². The molecule has 9 heteroatoms. The Bertz CT molecular complexity index is 1100. The number of aromatic nitrogens is 4. The van der Waals surface area contributed by atoms with Crippen molar-refractivity contribution in [3.05, 3.63) is 60.2 Å². The summed E-state index contributed by atoms with van der Waals surface area (Å²) in [6.07, 6.45) is 4.13. The van der Waals surface area contributed by atoms with Crippen LogP contribution in [-0.4, -0.2) is 58.7 Å². The van der Waals surface area contributed by atoms with Gasteiger partial charge in [0.25, 0.3) is 0 Å². The lowest BCUT2D eigenvalue weighted by Crippen LogP contribution is -2.35. The van der Waals surface area contributed by atoms with Crippen molar-refractivity contribution in [2.75, 3.05) is 31.1 Å². The molecule has 29 heavy (non-hydrogen) atoms. The number of sulfonamides is 1. The molecule has 152 valence electrons. The highest BCUT2D eigenvalue weighted by atomic mass is 32.2. The number of benzene rings is 1. The molecule has 0 spiro atoms. The minimum atomic E-state index is -3.49. The normalized spacial score (nSPS) is 16.0. The van der Waals surface area contributed by atoms with E-state index >= 15 is 0 Å². The average molecular weight is 413 g/mol. The summed E-state index contributed by atoms with van der Waals surface area (Å²) < 4.78 is 29.2. The van der Waals surface area contributed by atoms with E-state index in [9.17, 15) is 8.42 Å². The predicted octanol–water partition coefficient (Wildman–Crippen LogP) is 2.18. The first-order valence-corrected chi connectivity index (χ1v) is 11.0. The van der Waals surface area contributed by atoms with Crippen molar-refractivity contribution in [1.82, 2.24) is 24.1 Å². The summed E-state index contributed by atoms with van der Waals surface area (Å²) >= 11 is 0. The van der Waals surface area contributed by atoms with Crippen LogP contribution in [0.4, 0.5) is 5.82 Å². The molecular formula is C20H24N6O2S. The van der Waals surface area contributed by atoms with Crippen molar-refractivity contribution in [1.29, 1.82) is 0 Å². The molecule has 1 aliphatic heterocycles. The molecule has 0 amide bonds. The van der Waals surface area contributed by atoms with Crippen molar-refractivity contribution in [3.63, 3.8) is 0 Å². The summed E-state index contributed by atoms with van der Waals surface area (Å²) in [4.78, 5) is 11.5. The largest absolute Gasteiger partial charge is 0.354 e. The average Bonchev–Trinajstić information content (AvgIpc) is 2.92. The van der Waals surface area contributed by atoms with Gasteiger partial charge < -0.3 is 4.90 Å². The van der Waals surface area contributed by atoms with Gasteiger partial charge in [-0.05, 0) is 38.5 Å². The summed E-state index contributed by atoms with van der Waals surface area (Å²) in [6.45, 7) is 6.09. The summed E-state index contributed by atoms with van der Waals surface area (Å²) in [7, 11) is -3.49. The molecule has 1 saturated heterocycles. The number of anilines is 1. The SMILES string of the molecule is Cc1cc(C)n(-c2cncc(N3CCCN(S(=O)(=O)c4ccccc4)CC3)n2)n1. The van der Waals surface area contributed by atoms with E-state index in [4.69, 9.17) is 4.98 Å². The molecule has 0 N–H and O–H groups in total. The Kier molecular flexibility index (Phi) is 5.33. The van der Waals surface area contributed by atoms with Crippen LogP contribution < -0.4 is 4.90 Å². The van der Waals surface area contributed by atoms with Gasteiger partial charge in [-0.15, -0.1) is 0 Å². The molecule has 2 aromatic heterocycles. The Hall–Kier alpha value is -2.78. The second-order valence-corrected chi connectivity index (χ2v) is 9.07. The van der Waals surface area contributed by atoms with E-state index in [-0.39, 0.29) is 0 Å². The van der Waals surface area contributed by atoms with Gasteiger partial charge in [0.2, 0.25) is 10.0 Å². The fourth-order valence-corrected chi connectivity index (χ4v) is 5.06. The molecule has 0 saturated carbocycles. The fourth-order valence-electron chi connectivity index (χ4n) is 3.57. The van der Waals surface area contributed by atoms with Crippen LogP contribution in [0, 0.1) is 13.8 Å². The van der Waals surface area contributed by atoms with Crippen LogP contribution in [0.1, 0.15) is 17.8 Å². The van der Waals surface area contributed by atoms with Gasteiger partial charge in [0.15, 0.2) is 5.82 Å². The zero-order chi connectivity index (χ0) is 20.4. The van der Waals surface area contributed by atoms with E-state index in [0.29, 0.717) is 30.3 Å². The van der Waals surface area contributed by atoms with Crippen molar-refractivity contribution in [3.8, 4) is 5.82 Å². The third-order valence-electron chi connectivity index (χ3n) is 5.00. The van der Waals surface area contributed by atoms with Crippen molar-refractivity contribution >= 4 is 15.8 Å². The first-order chi connectivity index (χ1) is 13.9. The van der Waals surface area contributed by atoms with Crippen LogP contribution in [-0.2, 0) is 10.0 Å². The van der Waals surface area contributed by atoms with Gasteiger partial charge >= 0.3 is 0 Å². The van der Waals surface area contributed by atoms with Crippen molar-refractivity contribution < 1.29 is 8.42 Å². The summed E-state index contributed by atoms with van der Waals surface area (Å²) in [5.41, 5.74) is 1.91. The minimum absolute atomic E-state index is 0.333. The molecule has 0 radical (unpaired) electrons. The van der Waals surface area contributed by atoms with Crippen molar-refractivity contribution in [2.24, 2.45) is 0 Å². The molecule has 8 nitrogen and oxygen atoms in total. The Morgan fingerprint density at radius 1 is 0.931 bits per heavy atom. The Labute approximate surface area is 170 Å². The van der Waals surface area contributed by atoms with Crippen LogP contribution in [0.15, 0.2) is 53.7 Å². The van der Waals surface area contributed by atoms with E-state index in [1.807, 2.05) is 26.0 Å². The van der Waals surface area contributed by atoms with Gasteiger partial charge in [-0.3, -0.25) is 4.98 Å². The fraction of sp³-hybridized carbons (Fsp3) is 0.350. The minimum Gasteiger partial charge on any atom is -0.354 e. The third-order valence-corrected chi connectivity index (χ3v) is 6.91. The van der Waals surface area contributed by atoms with Gasteiger partial charge in [-0.1, -0.05) is 18.2 Å². The molecule has 0 bridgehead atoms. The molecule has 1 aromatic carbocycles. The lowest BCUT2D eigenvalue weighted by molar-refractivity contribution is 0.433. The first-order valence-electron chi connectivity index (χ1n) is 9.61. The van der Waals surface area contributed by atoms with E-state index in [0.717, 1.165) is 30.2 Å². The number of hydrogen-bond donors (Lipinski definition) is 0. The highest BCUT2D eigenvalue weighted by Gasteiger charge is 2.27. The molecule has 3 aromatic rings. The summed E-state index contributed by atoms with van der Waals surface area (Å²) in [5.74, 6) is 1.39. The number of rotatable bonds is 4. The van der Waals surface area contributed by atoms with E-state index < -0.39 is 10.0 Å². The molecule has 0 atom stereocenters. The molecule has 3 heterocycles. The molecule has 1 fully saturated rings. The van der Waals surface area contributed by atoms with Crippen LogP contribution in [0.25, 0.3) is 5.82 Å².